The van der Waals surface area contributed by atoms with E-state index in [0.717, 1.165) is 5.82 Å². The van der Waals surface area contributed by atoms with Crippen LogP contribution in [0.3, 0.4) is 0 Å². The van der Waals surface area contributed by atoms with E-state index in [-0.39, 0.29) is 11.6 Å². The third-order valence-electron chi connectivity index (χ3n) is 2.50. The molecule has 2 aromatic heterocycles. The Morgan fingerprint density at radius 1 is 1.50 bits per heavy atom. The number of aromatic nitrogens is 3. The van der Waals surface area contributed by atoms with Crippen LogP contribution < -0.4 is 0 Å². The number of rotatable bonds is 2. The molecule has 0 atom stereocenters. The van der Waals surface area contributed by atoms with E-state index in [2.05, 4.69) is 9.97 Å². The average Bonchev–Trinajstić information content (AvgIpc) is 2.52. The Balaban J connectivity index is 2.83. The Labute approximate surface area is 92.8 Å². The molecular formula is C11H13N3O2. The van der Waals surface area contributed by atoms with Gasteiger partial charge >= 0.3 is 5.97 Å². The fourth-order valence-corrected chi connectivity index (χ4v) is 1.89. The summed E-state index contributed by atoms with van der Waals surface area (Å²) in [4.78, 5) is 19.5. The molecule has 2 rings (SSSR count). The molecule has 0 aliphatic carbocycles. The molecular weight excluding hydrogens is 206 g/mol. The van der Waals surface area contributed by atoms with Gasteiger partial charge in [-0.25, -0.2) is 14.8 Å². The van der Waals surface area contributed by atoms with Crippen molar-refractivity contribution in [3.63, 3.8) is 0 Å². The molecule has 0 unspecified atom stereocenters. The summed E-state index contributed by atoms with van der Waals surface area (Å²) >= 11 is 0. The topological polar surface area (TPSA) is 68.0 Å². The van der Waals surface area contributed by atoms with Gasteiger partial charge in [0, 0.05) is 12.2 Å². The van der Waals surface area contributed by atoms with Gasteiger partial charge in [-0.15, -0.1) is 0 Å². The lowest BCUT2D eigenvalue weighted by Gasteiger charge is -2.09. The maximum absolute atomic E-state index is 11.0. The van der Waals surface area contributed by atoms with Crippen LogP contribution in [0, 0.1) is 6.92 Å². The number of imidazole rings is 1. The lowest BCUT2D eigenvalue weighted by atomic mass is 10.2. The molecule has 0 spiro atoms. The van der Waals surface area contributed by atoms with Gasteiger partial charge in [-0.1, -0.05) is 0 Å². The molecule has 84 valence electrons. The fourth-order valence-electron chi connectivity index (χ4n) is 1.89. The van der Waals surface area contributed by atoms with Gasteiger partial charge in [0.15, 0.2) is 5.65 Å². The molecule has 5 nitrogen and oxygen atoms in total. The minimum atomic E-state index is -0.971. The van der Waals surface area contributed by atoms with Crippen LogP contribution in [0.25, 0.3) is 11.2 Å². The van der Waals surface area contributed by atoms with E-state index in [1.165, 1.54) is 12.3 Å². The summed E-state index contributed by atoms with van der Waals surface area (Å²) in [5.74, 6) is -0.188. The lowest BCUT2D eigenvalue weighted by Crippen LogP contribution is -2.04. The second kappa shape index (κ2) is 3.59. The monoisotopic (exact) mass is 219 g/mol. The first kappa shape index (κ1) is 10.6. The molecule has 16 heavy (non-hydrogen) atoms. The van der Waals surface area contributed by atoms with Crippen LogP contribution in [-0.2, 0) is 0 Å². The summed E-state index contributed by atoms with van der Waals surface area (Å²) in [5.41, 5.74) is 1.29. The third-order valence-corrected chi connectivity index (χ3v) is 2.50. The van der Waals surface area contributed by atoms with E-state index in [9.17, 15) is 4.79 Å². The van der Waals surface area contributed by atoms with Crippen LogP contribution >= 0.6 is 0 Å². The number of aryl methyl sites for hydroxylation is 1. The van der Waals surface area contributed by atoms with E-state index in [0.29, 0.717) is 11.2 Å². The van der Waals surface area contributed by atoms with Crippen molar-refractivity contribution in [3.8, 4) is 0 Å². The van der Waals surface area contributed by atoms with E-state index in [1.807, 2.05) is 25.3 Å². The second-order valence-electron chi connectivity index (χ2n) is 3.96. The predicted molar refractivity (Wildman–Crippen MR) is 59.6 cm³/mol. The van der Waals surface area contributed by atoms with Crippen molar-refractivity contribution < 1.29 is 9.90 Å². The van der Waals surface area contributed by atoms with Crippen LogP contribution in [0.1, 0.15) is 36.1 Å². The first-order valence-electron chi connectivity index (χ1n) is 5.09. The van der Waals surface area contributed by atoms with Crippen LogP contribution in [0.2, 0.25) is 0 Å². The number of hydrogen-bond acceptors (Lipinski definition) is 3. The van der Waals surface area contributed by atoms with Crippen molar-refractivity contribution in [1.29, 1.82) is 0 Å². The zero-order valence-corrected chi connectivity index (χ0v) is 9.43. The van der Waals surface area contributed by atoms with Crippen molar-refractivity contribution in [3.05, 3.63) is 23.7 Å². The maximum atomic E-state index is 11.0. The van der Waals surface area contributed by atoms with Gasteiger partial charge in [-0.2, -0.15) is 0 Å². The molecule has 0 bridgehead atoms. The Bertz CT molecular complexity index is 558. The van der Waals surface area contributed by atoms with Gasteiger partial charge < -0.3 is 9.67 Å². The van der Waals surface area contributed by atoms with Crippen LogP contribution in [-0.4, -0.2) is 25.6 Å². The molecule has 2 aromatic rings. The van der Waals surface area contributed by atoms with Crippen molar-refractivity contribution in [2.45, 2.75) is 26.8 Å². The molecule has 5 heteroatoms. The highest BCUT2D eigenvalue weighted by atomic mass is 16.4. The van der Waals surface area contributed by atoms with Crippen LogP contribution in [0.4, 0.5) is 0 Å². The minimum Gasteiger partial charge on any atom is -0.478 e. The summed E-state index contributed by atoms with van der Waals surface area (Å²) in [7, 11) is 0. The Hall–Kier alpha value is -1.91. The zero-order chi connectivity index (χ0) is 11.9. The summed E-state index contributed by atoms with van der Waals surface area (Å²) in [5, 5.41) is 9.04. The number of pyridine rings is 1. The van der Waals surface area contributed by atoms with Crippen molar-refractivity contribution in [2.75, 3.05) is 0 Å². The molecule has 0 radical (unpaired) electrons. The van der Waals surface area contributed by atoms with Gasteiger partial charge in [0.05, 0.1) is 5.56 Å². The smallest absolute Gasteiger partial charge is 0.338 e. The van der Waals surface area contributed by atoms with Crippen molar-refractivity contribution in [1.82, 2.24) is 14.5 Å². The van der Waals surface area contributed by atoms with Gasteiger partial charge in [-0.3, -0.25) is 0 Å². The highest BCUT2D eigenvalue weighted by Gasteiger charge is 2.17. The number of fused-ring (bicyclic) bond motifs is 1. The summed E-state index contributed by atoms with van der Waals surface area (Å²) in [6.07, 6.45) is 1.51. The first-order valence-corrected chi connectivity index (χ1v) is 5.09. The van der Waals surface area contributed by atoms with Gasteiger partial charge in [-0.05, 0) is 26.8 Å². The lowest BCUT2D eigenvalue weighted by molar-refractivity contribution is 0.0698. The number of aromatic carboxylic acids is 1. The fraction of sp³-hybridized carbons (Fsp3) is 0.364. The van der Waals surface area contributed by atoms with Crippen LogP contribution in [0.5, 0.6) is 0 Å². The molecule has 0 saturated heterocycles. The molecule has 0 aliphatic rings. The molecule has 0 fully saturated rings. The number of hydrogen-bond donors (Lipinski definition) is 1. The van der Waals surface area contributed by atoms with Crippen molar-refractivity contribution in [2.24, 2.45) is 0 Å². The summed E-state index contributed by atoms with van der Waals surface area (Å²) < 4.78 is 1.93. The third kappa shape index (κ3) is 1.44. The molecule has 0 amide bonds. The number of carbonyl (C=O) groups is 1. The van der Waals surface area contributed by atoms with Crippen LogP contribution in [0.15, 0.2) is 12.3 Å². The number of nitrogens with zero attached hydrogens (tertiary/aromatic N) is 3. The quantitative estimate of drug-likeness (QED) is 0.839. The van der Waals surface area contributed by atoms with Crippen molar-refractivity contribution >= 4 is 17.1 Å². The average molecular weight is 219 g/mol. The molecule has 0 aromatic carbocycles. The molecule has 2 heterocycles. The Morgan fingerprint density at radius 3 is 2.75 bits per heavy atom. The largest absolute Gasteiger partial charge is 0.478 e. The molecule has 0 saturated carbocycles. The number of carboxylic acid groups (broad SMARTS) is 1. The molecule has 0 aliphatic heterocycles. The van der Waals surface area contributed by atoms with Gasteiger partial charge in [0.1, 0.15) is 11.3 Å². The second-order valence-corrected chi connectivity index (χ2v) is 3.96. The maximum Gasteiger partial charge on any atom is 0.338 e. The predicted octanol–water partition coefficient (Wildman–Crippen LogP) is 2.02. The SMILES string of the molecule is Cc1nc2c(C(=O)O)ccnc2n1C(C)C. The van der Waals surface area contributed by atoms with E-state index < -0.39 is 5.97 Å². The normalized spacial score (nSPS) is 11.2. The number of carboxylic acids is 1. The summed E-state index contributed by atoms with van der Waals surface area (Å²) in [6.45, 7) is 5.89. The van der Waals surface area contributed by atoms with Gasteiger partial charge in [0.2, 0.25) is 0 Å². The zero-order valence-electron chi connectivity index (χ0n) is 9.43. The Morgan fingerprint density at radius 2 is 2.19 bits per heavy atom. The van der Waals surface area contributed by atoms with E-state index >= 15 is 0 Å². The van der Waals surface area contributed by atoms with Gasteiger partial charge in [0.25, 0.3) is 0 Å². The minimum absolute atomic E-state index is 0.201. The molecule has 1 N–H and O–H groups in total. The highest BCUT2D eigenvalue weighted by molar-refractivity contribution is 5.99. The van der Waals surface area contributed by atoms with E-state index in [4.69, 9.17) is 5.11 Å². The standard InChI is InChI=1S/C11H13N3O2/c1-6(2)14-7(3)13-9-8(11(15)16)4-5-12-10(9)14/h4-6H,1-3H3,(H,15,16). The Kier molecular flexibility index (Phi) is 2.38. The van der Waals surface area contributed by atoms with E-state index in [1.54, 1.807) is 0 Å². The highest BCUT2D eigenvalue weighted by Crippen LogP contribution is 2.21. The first-order chi connectivity index (χ1) is 7.52. The summed E-state index contributed by atoms with van der Waals surface area (Å²) in [6, 6.07) is 1.68.